The summed E-state index contributed by atoms with van der Waals surface area (Å²) in [6.07, 6.45) is -8.00. The van der Waals surface area contributed by atoms with Gasteiger partial charge in [0.15, 0.2) is 0 Å². The van der Waals surface area contributed by atoms with Crippen LogP contribution in [0.3, 0.4) is 0 Å². The van der Waals surface area contributed by atoms with Gasteiger partial charge >= 0.3 is 6.18 Å². The molecule has 0 bridgehead atoms. The van der Waals surface area contributed by atoms with Gasteiger partial charge in [0.2, 0.25) is 0 Å². The van der Waals surface area contributed by atoms with Crippen molar-refractivity contribution in [1.29, 1.82) is 0 Å². The first kappa shape index (κ1) is 17.0. The zero-order valence-corrected chi connectivity index (χ0v) is 11.4. The smallest absolute Gasteiger partial charge is 0.417 e. The van der Waals surface area contributed by atoms with Gasteiger partial charge in [-0.2, -0.15) is 13.2 Å². The molecule has 0 radical (unpaired) electrons. The van der Waals surface area contributed by atoms with Gasteiger partial charge < -0.3 is 4.74 Å². The van der Waals surface area contributed by atoms with Crippen molar-refractivity contribution in [1.82, 2.24) is 0 Å². The zero-order chi connectivity index (χ0) is 15.7. The Kier molecular flexibility index (Phi) is 4.86. The van der Waals surface area contributed by atoms with Crippen molar-refractivity contribution in [2.24, 2.45) is 0 Å². The van der Waals surface area contributed by atoms with Gasteiger partial charge in [0.1, 0.15) is 17.3 Å². The highest BCUT2D eigenvalue weighted by Gasteiger charge is 2.39. The topological polar surface area (TPSA) is 43.4 Å². The molecule has 0 heterocycles. The number of hydrogen-bond donors (Lipinski definition) is 0. The summed E-state index contributed by atoms with van der Waals surface area (Å²) in [4.78, 5) is -1.36. The molecule has 1 aromatic carbocycles. The standard InChI is InChI=1S/C10H8ClF5O3S/c1-5-2-6(10(14,15)16)9(20(11,17)18)7(3-5)19-4-8(12)13/h2-3,8H,4H2,1H3. The largest absolute Gasteiger partial charge is 0.486 e. The monoisotopic (exact) mass is 338 g/mol. The number of halogens is 6. The second kappa shape index (κ2) is 5.72. The van der Waals surface area contributed by atoms with Crippen LogP contribution in [-0.2, 0) is 15.2 Å². The summed E-state index contributed by atoms with van der Waals surface area (Å²) in [6, 6.07) is 1.44. The van der Waals surface area contributed by atoms with Gasteiger partial charge in [0.05, 0.1) is 5.56 Å². The van der Waals surface area contributed by atoms with Crippen LogP contribution in [0, 0.1) is 6.92 Å². The second-order valence-electron chi connectivity index (χ2n) is 3.78. The quantitative estimate of drug-likeness (QED) is 0.622. The normalized spacial score (nSPS) is 12.8. The number of ether oxygens (including phenoxy) is 1. The van der Waals surface area contributed by atoms with E-state index in [2.05, 4.69) is 4.74 Å². The molecule has 1 aromatic rings. The maximum Gasteiger partial charge on any atom is 0.417 e. The van der Waals surface area contributed by atoms with Crippen molar-refractivity contribution in [3.05, 3.63) is 23.3 Å². The van der Waals surface area contributed by atoms with Crippen LogP contribution in [0.1, 0.15) is 11.1 Å². The van der Waals surface area contributed by atoms with Crippen molar-refractivity contribution in [3.8, 4) is 5.75 Å². The van der Waals surface area contributed by atoms with Gasteiger partial charge in [-0.25, -0.2) is 17.2 Å². The molecule has 10 heteroatoms. The Balaban J connectivity index is 3.54. The van der Waals surface area contributed by atoms with Crippen LogP contribution in [0.5, 0.6) is 5.75 Å². The third kappa shape index (κ3) is 4.20. The van der Waals surface area contributed by atoms with Crippen LogP contribution in [0.15, 0.2) is 17.0 Å². The first-order chi connectivity index (χ1) is 8.93. The Morgan fingerprint density at radius 2 is 1.85 bits per heavy atom. The lowest BCUT2D eigenvalue weighted by atomic mass is 10.1. The minimum Gasteiger partial charge on any atom is -0.486 e. The first-order valence-corrected chi connectivity index (χ1v) is 7.31. The van der Waals surface area contributed by atoms with Crippen molar-refractivity contribution in [2.45, 2.75) is 24.4 Å². The fourth-order valence-electron chi connectivity index (χ4n) is 1.46. The molecule has 0 aliphatic carbocycles. The molecule has 0 unspecified atom stereocenters. The summed E-state index contributed by atoms with van der Waals surface area (Å²) in [5, 5.41) is 0. The van der Waals surface area contributed by atoms with Crippen molar-refractivity contribution in [3.63, 3.8) is 0 Å². The predicted octanol–water partition coefficient (Wildman–Crippen LogP) is 3.59. The van der Waals surface area contributed by atoms with Gasteiger partial charge in [-0.05, 0) is 24.6 Å². The molecule has 0 aliphatic heterocycles. The summed E-state index contributed by atoms with van der Waals surface area (Å²) in [5.74, 6) is -0.854. The molecule has 0 atom stereocenters. The molecular weight excluding hydrogens is 331 g/mol. The molecule has 0 saturated heterocycles. The first-order valence-electron chi connectivity index (χ1n) is 5.00. The highest BCUT2D eigenvalue weighted by molar-refractivity contribution is 8.13. The van der Waals surface area contributed by atoms with Gasteiger partial charge in [-0.15, -0.1) is 0 Å². The number of alkyl halides is 5. The minimum atomic E-state index is -5.02. The Morgan fingerprint density at radius 1 is 1.30 bits per heavy atom. The Labute approximate surface area is 115 Å². The van der Waals surface area contributed by atoms with E-state index in [1.165, 1.54) is 6.92 Å². The summed E-state index contributed by atoms with van der Waals surface area (Å²) >= 11 is 0. The summed E-state index contributed by atoms with van der Waals surface area (Å²) in [5.41, 5.74) is -1.57. The third-order valence-corrected chi connectivity index (χ3v) is 3.48. The second-order valence-corrected chi connectivity index (χ2v) is 6.28. The number of benzene rings is 1. The summed E-state index contributed by atoms with van der Waals surface area (Å²) in [6.45, 7) is -0.0186. The number of hydrogen-bond acceptors (Lipinski definition) is 3. The van der Waals surface area contributed by atoms with Crippen LogP contribution in [-0.4, -0.2) is 21.5 Å². The Bertz CT molecular complexity index is 598. The van der Waals surface area contributed by atoms with E-state index in [1.54, 1.807) is 0 Å². The van der Waals surface area contributed by atoms with E-state index in [0.717, 1.165) is 6.07 Å². The molecule has 114 valence electrons. The SMILES string of the molecule is Cc1cc(OCC(F)F)c(S(=O)(=O)Cl)c(C(F)(F)F)c1. The van der Waals surface area contributed by atoms with Crippen molar-refractivity contribution >= 4 is 19.7 Å². The fourth-order valence-corrected chi connectivity index (χ4v) is 2.73. The Hall–Kier alpha value is -1.09. The molecular formula is C10H8ClF5O3S. The molecule has 0 spiro atoms. The van der Waals surface area contributed by atoms with E-state index in [-0.39, 0.29) is 5.56 Å². The average molecular weight is 339 g/mol. The number of aryl methyl sites for hydroxylation is 1. The lowest BCUT2D eigenvalue weighted by Gasteiger charge is -2.16. The van der Waals surface area contributed by atoms with Crippen LogP contribution in [0.25, 0.3) is 0 Å². The molecule has 0 N–H and O–H groups in total. The van der Waals surface area contributed by atoms with Gasteiger partial charge in [0, 0.05) is 10.7 Å². The van der Waals surface area contributed by atoms with E-state index >= 15 is 0 Å². The average Bonchev–Trinajstić information content (AvgIpc) is 2.22. The fraction of sp³-hybridized carbons (Fsp3) is 0.400. The highest BCUT2D eigenvalue weighted by atomic mass is 35.7. The van der Waals surface area contributed by atoms with Crippen LogP contribution < -0.4 is 4.74 Å². The molecule has 1 rings (SSSR count). The predicted molar refractivity (Wildman–Crippen MR) is 60.7 cm³/mol. The maximum atomic E-state index is 12.8. The van der Waals surface area contributed by atoms with Crippen LogP contribution in [0.2, 0.25) is 0 Å². The molecule has 3 nitrogen and oxygen atoms in total. The molecule has 0 aromatic heterocycles. The lowest BCUT2D eigenvalue weighted by molar-refractivity contribution is -0.140. The third-order valence-electron chi connectivity index (χ3n) is 2.11. The van der Waals surface area contributed by atoms with Crippen molar-refractivity contribution in [2.75, 3.05) is 6.61 Å². The van der Waals surface area contributed by atoms with Crippen LogP contribution >= 0.6 is 10.7 Å². The van der Waals surface area contributed by atoms with Crippen LogP contribution in [0.4, 0.5) is 22.0 Å². The molecule has 0 amide bonds. The van der Waals surface area contributed by atoms with E-state index in [0.29, 0.717) is 6.07 Å². The molecule has 0 aliphatic rings. The van der Waals surface area contributed by atoms with Crippen molar-refractivity contribution < 1.29 is 35.1 Å². The maximum absolute atomic E-state index is 12.8. The van der Waals surface area contributed by atoms with Gasteiger partial charge in [-0.1, -0.05) is 0 Å². The van der Waals surface area contributed by atoms with E-state index < -0.39 is 44.5 Å². The van der Waals surface area contributed by atoms with Gasteiger partial charge in [0.25, 0.3) is 15.5 Å². The van der Waals surface area contributed by atoms with E-state index in [1.807, 2.05) is 0 Å². The Morgan fingerprint density at radius 3 is 2.25 bits per heavy atom. The molecule has 20 heavy (non-hydrogen) atoms. The summed E-state index contributed by atoms with van der Waals surface area (Å²) < 4.78 is 89.5. The van der Waals surface area contributed by atoms with Gasteiger partial charge in [-0.3, -0.25) is 0 Å². The number of rotatable bonds is 4. The minimum absolute atomic E-state index is 0.00865. The lowest BCUT2D eigenvalue weighted by Crippen LogP contribution is -2.15. The molecule has 0 saturated carbocycles. The molecule has 0 fully saturated rings. The van der Waals surface area contributed by atoms with E-state index in [9.17, 15) is 30.4 Å². The summed E-state index contributed by atoms with van der Waals surface area (Å²) in [7, 11) is 0.118. The zero-order valence-electron chi connectivity index (χ0n) is 9.84. The highest BCUT2D eigenvalue weighted by Crippen LogP contribution is 2.41. The van der Waals surface area contributed by atoms with E-state index in [4.69, 9.17) is 10.7 Å².